The second-order valence-corrected chi connectivity index (χ2v) is 18.4. The number of benzene rings is 3. The maximum absolute atomic E-state index is 9.76. The zero-order valence-corrected chi connectivity index (χ0v) is 31.9. The van der Waals surface area contributed by atoms with E-state index in [2.05, 4.69) is 98.4 Å². The molecule has 3 aromatic carbocycles. The summed E-state index contributed by atoms with van der Waals surface area (Å²) in [4.78, 5) is 3.29. The van der Waals surface area contributed by atoms with Crippen LogP contribution in [0.4, 0.5) is 0 Å². The summed E-state index contributed by atoms with van der Waals surface area (Å²) >= 11 is 0. The van der Waals surface area contributed by atoms with Crippen molar-refractivity contribution in [3.8, 4) is 5.75 Å². The number of hydrogen-bond acceptors (Lipinski definition) is 4. The lowest BCUT2D eigenvalue weighted by atomic mass is 10.0. The molecular weight excluding hydrogens is 623 g/mol. The predicted molar refractivity (Wildman–Crippen MR) is 208 cm³/mol. The van der Waals surface area contributed by atoms with Gasteiger partial charge in [-0.05, 0) is 51.5 Å². The third-order valence-corrected chi connectivity index (χ3v) is 14.4. The first kappa shape index (κ1) is 40.1. The Hall–Kier alpha value is -3.35. The lowest BCUT2D eigenvalue weighted by Crippen LogP contribution is -2.67. The molecule has 0 radical (unpaired) electrons. The van der Waals surface area contributed by atoms with Crippen molar-refractivity contribution < 1.29 is 13.9 Å². The molecule has 3 rings (SSSR count). The van der Waals surface area contributed by atoms with E-state index in [0.717, 1.165) is 24.2 Å². The lowest BCUT2D eigenvalue weighted by molar-refractivity contribution is 0.0421. The van der Waals surface area contributed by atoms with Crippen molar-refractivity contribution in [1.82, 2.24) is 0 Å². The van der Waals surface area contributed by atoms with Gasteiger partial charge in [0.05, 0.1) is 25.9 Å². The lowest BCUT2D eigenvalue weighted by Gasteiger charge is -2.43. The van der Waals surface area contributed by atoms with E-state index in [1.807, 2.05) is 36.4 Å². The third-order valence-electron chi connectivity index (χ3n) is 9.37. The summed E-state index contributed by atoms with van der Waals surface area (Å²) in [5.74, 6) is 0.804. The van der Waals surface area contributed by atoms with Gasteiger partial charge in [-0.15, -0.1) is 0 Å². The largest absolute Gasteiger partial charge is 0.497 e. The van der Waals surface area contributed by atoms with E-state index >= 15 is 0 Å². The number of methoxy groups -OCH3 is 1. The molecule has 0 N–H and O–H groups in total. The van der Waals surface area contributed by atoms with Crippen LogP contribution in [0.25, 0.3) is 10.4 Å². The Morgan fingerprint density at radius 3 is 1.78 bits per heavy atom. The van der Waals surface area contributed by atoms with Crippen LogP contribution in [-0.4, -0.2) is 34.2 Å². The number of hydrogen-bond donors (Lipinski definition) is 0. The Bertz CT molecular complexity index is 1330. The highest BCUT2D eigenvalue weighted by atomic mass is 28.4. The molecule has 0 spiro atoms. The normalized spacial score (nSPS) is 13.2. The van der Waals surface area contributed by atoms with Crippen molar-refractivity contribution in [2.75, 3.05) is 13.7 Å². The van der Waals surface area contributed by atoms with Gasteiger partial charge < -0.3 is 13.9 Å². The summed E-state index contributed by atoms with van der Waals surface area (Å²) in [6.07, 6.45) is 19.4. The van der Waals surface area contributed by atoms with Crippen LogP contribution in [-0.2, 0) is 15.8 Å². The number of unbranched alkanes of at least 4 members (excludes halogenated alkanes) is 11. The predicted octanol–water partition coefficient (Wildman–Crippen LogP) is 11.1. The summed E-state index contributed by atoms with van der Waals surface area (Å²) in [6.45, 7) is 9.67. The standard InChI is InChI=1S/C42H61N3O3Si/c1-6-7-8-9-10-11-12-13-14-15-16-17-24-29-41(47-34-36-30-32-37(46-5)33-31-36)40(44-45-43)35-48-49(42(2,3)4,38-25-20-18-21-26-38)39-27-22-19-23-28-39/h18-33,40-41H,6-17,34-35H2,1-5H3/b29-24+/t40-,41+/m0/s1. The fourth-order valence-electron chi connectivity index (χ4n) is 6.60. The van der Waals surface area contributed by atoms with Crippen molar-refractivity contribution in [3.63, 3.8) is 0 Å². The number of nitrogens with zero attached hydrogens (tertiary/aromatic N) is 3. The van der Waals surface area contributed by atoms with Crippen LogP contribution in [0.1, 0.15) is 110 Å². The molecule has 0 saturated heterocycles. The van der Waals surface area contributed by atoms with E-state index in [1.165, 1.54) is 74.6 Å². The molecule has 0 heterocycles. The molecular formula is C42H61N3O3Si. The molecule has 3 aromatic rings. The smallest absolute Gasteiger partial charge is 0.261 e. The molecule has 2 atom stereocenters. The van der Waals surface area contributed by atoms with Gasteiger partial charge in [0.25, 0.3) is 8.32 Å². The topological polar surface area (TPSA) is 76.5 Å². The Balaban J connectivity index is 1.74. The van der Waals surface area contributed by atoms with Crippen LogP contribution < -0.4 is 15.1 Å². The SMILES string of the molecule is CCCCCCCCCCCCC/C=C/[C@@H](OCc1ccc(OC)cc1)[C@H](CO[Si](c1ccccc1)(c1ccccc1)C(C)(C)C)N=[N+]=[N-]. The van der Waals surface area contributed by atoms with E-state index in [1.54, 1.807) is 7.11 Å². The second kappa shape index (κ2) is 22.4. The molecule has 0 aliphatic heterocycles. The Kier molecular flexibility index (Phi) is 18.3. The van der Waals surface area contributed by atoms with E-state index < -0.39 is 20.5 Å². The highest BCUT2D eigenvalue weighted by molar-refractivity contribution is 6.99. The van der Waals surface area contributed by atoms with Crippen LogP contribution in [0, 0.1) is 0 Å². The Labute approximate surface area is 298 Å². The fourth-order valence-corrected chi connectivity index (χ4v) is 11.2. The molecule has 0 amide bonds. The van der Waals surface area contributed by atoms with Crippen LogP contribution >= 0.6 is 0 Å². The summed E-state index contributed by atoms with van der Waals surface area (Å²) in [7, 11) is -1.17. The van der Waals surface area contributed by atoms with Crippen molar-refractivity contribution >= 4 is 18.7 Å². The van der Waals surface area contributed by atoms with Gasteiger partial charge >= 0.3 is 0 Å². The molecule has 0 fully saturated rings. The molecule has 0 saturated carbocycles. The first-order chi connectivity index (χ1) is 23.9. The Morgan fingerprint density at radius 1 is 0.755 bits per heavy atom. The first-order valence-corrected chi connectivity index (χ1v) is 20.5. The summed E-state index contributed by atoms with van der Waals surface area (Å²) < 4.78 is 19.1. The molecule has 0 bridgehead atoms. The average molecular weight is 684 g/mol. The van der Waals surface area contributed by atoms with Gasteiger partial charge in [-0.3, -0.25) is 0 Å². The fraction of sp³-hybridized carbons (Fsp3) is 0.524. The minimum atomic E-state index is -2.83. The van der Waals surface area contributed by atoms with Gasteiger partial charge in [0.15, 0.2) is 0 Å². The number of azide groups is 1. The molecule has 0 aromatic heterocycles. The molecule has 266 valence electrons. The van der Waals surface area contributed by atoms with E-state index in [0.29, 0.717) is 6.61 Å². The van der Waals surface area contributed by atoms with Gasteiger partial charge in [0, 0.05) is 11.5 Å². The van der Waals surface area contributed by atoms with E-state index in [9.17, 15) is 5.53 Å². The maximum Gasteiger partial charge on any atom is 0.261 e. The van der Waals surface area contributed by atoms with Crippen molar-refractivity contribution in [1.29, 1.82) is 0 Å². The molecule has 7 heteroatoms. The summed E-state index contributed by atoms with van der Waals surface area (Å²) in [5, 5.41) is 6.49. The van der Waals surface area contributed by atoms with Crippen LogP contribution in [0.5, 0.6) is 5.75 Å². The van der Waals surface area contributed by atoms with E-state index in [4.69, 9.17) is 13.9 Å². The highest BCUT2D eigenvalue weighted by Crippen LogP contribution is 2.37. The molecule has 49 heavy (non-hydrogen) atoms. The van der Waals surface area contributed by atoms with Gasteiger partial charge in [-0.1, -0.05) is 182 Å². The third kappa shape index (κ3) is 13.1. The average Bonchev–Trinajstić information content (AvgIpc) is 3.12. The molecule has 0 unspecified atom stereocenters. The monoisotopic (exact) mass is 683 g/mol. The number of ether oxygens (including phenoxy) is 2. The zero-order chi connectivity index (χ0) is 35.2. The van der Waals surface area contributed by atoms with Crippen LogP contribution in [0.15, 0.2) is 102 Å². The van der Waals surface area contributed by atoms with Gasteiger partial charge in [-0.25, -0.2) is 0 Å². The molecule has 6 nitrogen and oxygen atoms in total. The summed E-state index contributed by atoms with van der Waals surface area (Å²) in [6, 6.07) is 28.5. The first-order valence-electron chi connectivity index (χ1n) is 18.6. The number of allylic oxidation sites excluding steroid dienone is 1. The minimum Gasteiger partial charge on any atom is -0.497 e. The van der Waals surface area contributed by atoms with Crippen LogP contribution in [0.2, 0.25) is 5.04 Å². The van der Waals surface area contributed by atoms with Gasteiger partial charge in [-0.2, -0.15) is 0 Å². The molecule has 0 aliphatic rings. The highest BCUT2D eigenvalue weighted by Gasteiger charge is 2.50. The quantitative estimate of drug-likeness (QED) is 0.0235. The van der Waals surface area contributed by atoms with Crippen molar-refractivity contribution in [2.24, 2.45) is 5.11 Å². The Morgan fingerprint density at radius 2 is 1.29 bits per heavy atom. The maximum atomic E-state index is 9.76. The zero-order valence-electron chi connectivity index (χ0n) is 30.9. The number of rotatable bonds is 24. The van der Waals surface area contributed by atoms with Gasteiger partial charge in [0.1, 0.15) is 5.75 Å². The van der Waals surface area contributed by atoms with Crippen molar-refractivity contribution in [2.45, 2.75) is 129 Å². The second-order valence-electron chi connectivity index (χ2n) is 14.1. The molecule has 0 aliphatic carbocycles. The van der Waals surface area contributed by atoms with Crippen LogP contribution in [0.3, 0.4) is 0 Å². The minimum absolute atomic E-state index is 0.193. The van der Waals surface area contributed by atoms with E-state index in [-0.39, 0.29) is 11.6 Å². The summed E-state index contributed by atoms with van der Waals surface area (Å²) in [5.41, 5.74) is 10.8. The van der Waals surface area contributed by atoms with Gasteiger partial charge in [0.2, 0.25) is 0 Å². The van der Waals surface area contributed by atoms with Crippen molar-refractivity contribution in [3.05, 3.63) is 113 Å².